The molecule has 0 bridgehead atoms. The summed E-state index contributed by atoms with van der Waals surface area (Å²) in [6.45, 7) is 5.63. The number of nitrogens with zero attached hydrogens (tertiary/aromatic N) is 7. The van der Waals surface area contributed by atoms with Crippen molar-refractivity contribution in [3.8, 4) is 11.1 Å². The molecule has 0 atom stereocenters. The molecule has 1 aromatic carbocycles. The number of piperazine rings is 1. The van der Waals surface area contributed by atoms with Crippen LogP contribution in [0.2, 0.25) is 5.15 Å². The molecule has 1 aliphatic heterocycles. The van der Waals surface area contributed by atoms with Crippen molar-refractivity contribution in [2.75, 3.05) is 49.6 Å². The summed E-state index contributed by atoms with van der Waals surface area (Å²) in [5.74, 6) is 1.50. The first-order chi connectivity index (χ1) is 16.0. The van der Waals surface area contributed by atoms with E-state index < -0.39 is 0 Å². The molecule has 0 radical (unpaired) electrons. The van der Waals surface area contributed by atoms with Crippen molar-refractivity contribution < 1.29 is 4.79 Å². The maximum Gasteiger partial charge on any atom is 0.236 e. The van der Waals surface area contributed by atoms with E-state index >= 15 is 0 Å². The first kappa shape index (κ1) is 22.9. The average Bonchev–Trinajstić information content (AvgIpc) is 2.85. The third kappa shape index (κ3) is 5.20. The molecule has 0 spiro atoms. The summed E-state index contributed by atoms with van der Waals surface area (Å²) in [7, 11) is 1.75. The van der Waals surface area contributed by atoms with Crippen LogP contribution in [0, 0.1) is 6.92 Å². The van der Waals surface area contributed by atoms with E-state index in [1.54, 1.807) is 11.9 Å². The third-order valence-electron chi connectivity index (χ3n) is 5.78. The molecule has 0 unspecified atom stereocenters. The van der Waals surface area contributed by atoms with Gasteiger partial charge in [0.15, 0.2) is 0 Å². The van der Waals surface area contributed by atoms with Crippen molar-refractivity contribution in [2.24, 2.45) is 5.73 Å². The zero-order valence-electron chi connectivity index (χ0n) is 18.8. The highest BCUT2D eigenvalue weighted by Crippen LogP contribution is 2.25. The van der Waals surface area contributed by atoms with Crippen molar-refractivity contribution in [2.45, 2.75) is 13.5 Å². The lowest BCUT2D eigenvalue weighted by atomic mass is 10.1. The molecule has 3 aromatic rings. The topological polar surface area (TPSA) is 104 Å². The van der Waals surface area contributed by atoms with Crippen LogP contribution in [0.4, 0.5) is 11.8 Å². The Balaban J connectivity index is 1.41. The number of likely N-dealkylation sites (N-methyl/N-ethyl adjacent to an activating group) is 1. The summed E-state index contributed by atoms with van der Waals surface area (Å²) >= 11 is 6.15. The average molecular weight is 467 g/mol. The van der Waals surface area contributed by atoms with Gasteiger partial charge in [-0.15, -0.1) is 0 Å². The maximum atomic E-state index is 11.8. The van der Waals surface area contributed by atoms with Gasteiger partial charge in [-0.05, 0) is 24.1 Å². The molecule has 0 saturated carbocycles. The molecule has 0 aliphatic carbocycles. The fourth-order valence-corrected chi connectivity index (χ4v) is 3.99. The van der Waals surface area contributed by atoms with Crippen LogP contribution in [0.5, 0.6) is 0 Å². The van der Waals surface area contributed by atoms with E-state index in [1.165, 1.54) is 6.33 Å². The number of anilines is 2. The number of halogens is 1. The zero-order valence-corrected chi connectivity index (χ0v) is 19.5. The number of aromatic nitrogens is 4. The van der Waals surface area contributed by atoms with Crippen LogP contribution in [0.1, 0.15) is 11.1 Å². The van der Waals surface area contributed by atoms with E-state index in [0.29, 0.717) is 17.6 Å². The summed E-state index contributed by atoms with van der Waals surface area (Å²) < 4.78 is 0. The van der Waals surface area contributed by atoms with Crippen LogP contribution in [-0.2, 0) is 11.3 Å². The Hall–Kier alpha value is -3.30. The van der Waals surface area contributed by atoms with Crippen LogP contribution in [-0.4, -0.2) is 70.5 Å². The molecule has 4 rings (SSSR count). The van der Waals surface area contributed by atoms with Gasteiger partial charge in [-0.1, -0.05) is 29.8 Å². The Morgan fingerprint density at radius 3 is 2.45 bits per heavy atom. The lowest BCUT2D eigenvalue weighted by molar-refractivity contribution is -0.128. The van der Waals surface area contributed by atoms with E-state index in [-0.39, 0.29) is 12.5 Å². The van der Waals surface area contributed by atoms with E-state index in [9.17, 15) is 4.79 Å². The largest absolute Gasteiger partial charge is 0.353 e. The summed E-state index contributed by atoms with van der Waals surface area (Å²) in [5, 5.41) is 0.489. The lowest BCUT2D eigenvalue weighted by Gasteiger charge is -2.35. The molecular formula is C23H27ClN8O. The summed E-state index contributed by atoms with van der Waals surface area (Å²) in [4.78, 5) is 35.4. The normalized spacial score (nSPS) is 13.8. The Morgan fingerprint density at radius 1 is 1.06 bits per heavy atom. The van der Waals surface area contributed by atoms with Crippen molar-refractivity contribution in [3.63, 3.8) is 0 Å². The van der Waals surface area contributed by atoms with Gasteiger partial charge in [-0.25, -0.2) is 19.9 Å². The predicted octanol–water partition coefficient (Wildman–Crippen LogP) is 2.14. The molecule has 1 amide bonds. The molecule has 1 fully saturated rings. The Kier molecular flexibility index (Phi) is 7.00. The first-order valence-electron chi connectivity index (χ1n) is 10.8. The number of carbonyl (C=O) groups is 1. The van der Waals surface area contributed by atoms with Gasteiger partial charge in [0.25, 0.3) is 0 Å². The highest BCUT2D eigenvalue weighted by Gasteiger charge is 2.22. The molecule has 172 valence electrons. The number of benzene rings is 1. The van der Waals surface area contributed by atoms with Crippen molar-refractivity contribution in [3.05, 3.63) is 59.3 Å². The molecule has 9 nitrogen and oxygen atoms in total. The second kappa shape index (κ2) is 10.1. The van der Waals surface area contributed by atoms with Gasteiger partial charge in [0.05, 0.1) is 6.54 Å². The molecule has 33 heavy (non-hydrogen) atoms. The van der Waals surface area contributed by atoms with Gasteiger partial charge in [0, 0.05) is 63.3 Å². The highest BCUT2D eigenvalue weighted by atomic mass is 35.5. The lowest BCUT2D eigenvalue weighted by Crippen LogP contribution is -2.47. The van der Waals surface area contributed by atoms with Gasteiger partial charge >= 0.3 is 0 Å². The van der Waals surface area contributed by atoms with Crippen molar-refractivity contribution >= 4 is 29.3 Å². The maximum absolute atomic E-state index is 11.8. The number of amides is 1. The summed E-state index contributed by atoms with van der Waals surface area (Å²) in [6.07, 6.45) is 5.19. The SMILES string of the molecule is Cc1c(Cl)ncnc1N1CCN(c2ncc(-c3cccc(CN(C)C(=O)CN)c3)cn2)CC1. The highest BCUT2D eigenvalue weighted by molar-refractivity contribution is 6.30. The van der Waals surface area contributed by atoms with E-state index in [1.807, 2.05) is 43.6 Å². The number of hydrogen-bond donors (Lipinski definition) is 1. The second-order valence-corrected chi connectivity index (χ2v) is 8.37. The van der Waals surface area contributed by atoms with Gasteiger partial charge in [-0.2, -0.15) is 0 Å². The number of rotatable bonds is 6. The van der Waals surface area contributed by atoms with Crippen molar-refractivity contribution in [1.82, 2.24) is 24.8 Å². The minimum absolute atomic E-state index is 0.00613. The molecule has 3 heterocycles. The van der Waals surface area contributed by atoms with Gasteiger partial charge < -0.3 is 20.4 Å². The number of hydrogen-bond acceptors (Lipinski definition) is 8. The van der Waals surface area contributed by atoms with Crippen LogP contribution < -0.4 is 15.5 Å². The Morgan fingerprint density at radius 2 is 1.76 bits per heavy atom. The van der Waals surface area contributed by atoms with Gasteiger partial charge in [0.1, 0.15) is 17.3 Å². The van der Waals surface area contributed by atoms with Gasteiger partial charge in [0.2, 0.25) is 11.9 Å². The molecule has 2 aromatic heterocycles. The summed E-state index contributed by atoms with van der Waals surface area (Å²) in [6, 6.07) is 8.03. The van der Waals surface area contributed by atoms with Gasteiger partial charge in [-0.3, -0.25) is 4.79 Å². The minimum atomic E-state index is -0.0915. The van der Waals surface area contributed by atoms with E-state index in [2.05, 4.69) is 29.7 Å². The quantitative estimate of drug-likeness (QED) is 0.551. The van der Waals surface area contributed by atoms with Crippen LogP contribution in [0.3, 0.4) is 0 Å². The number of nitrogens with two attached hydrogens (primary N) is 1. The first-order valence-corrected chi connectivity index (χ1v) is 11.2. The molecule has 1 saturated heterocycles. The predicted molar refractivity (Wildman–Crippen MR) is 129 cm³/mol. The van der Waals surface area contributed by atoms with Crippen LogP contribution >= 0.6 is 11.6 Å². The third-order valence-corrected chi connectivity index (χ3v) is 6.16. The Bertz CT molecular complexity index is 1120. The molecule has 2 N–H and O–H groups in total. The molecular weight excluding hydrogens is 440 g/mol. The fraction of sp³-hybridized carbons (Fsp3) is 0.348. The zero-order chi connectivity index (χ0) is 23.4. The van der Waals surface area contributed by atoms with Crippen molar-refractivity contribution in [1.29, 1.82) is 0 Å². The standard InChI is InChI=1S/C23H27ClN8O/c1-16-21(24)28-15-29-22(16)31-6-8-32(9-7-31)23-26-12-19(13-27-23)18-5-3-4-17(10-18)14-30(2)20(33)11-25/h3-5,10,12-13,15H,6-9,11,14,25H2,1-2H3. The minimum Gasteiger partial charge on any atom is -0.353 e. The van der Waals surface area contributed by atoms with E-state index in [0.717, 1.165) is 54.3 Å². The van der Waals surface area contributed by atoms with E-state index in [4.69, 9.17) is 17.3 Å². The molecule has 1 aliphatic rings. The monoisotopic (exact) mass is 466 g/mol. The molecule has 10 heteroatoms. The smallest absolute Gasteiger partial charge is 0.236 e. The Labute approximate surface area is 198 Å². The number of carbonyl (C=O) groups excluding carboxylic acids is 1. The van der Waals surface area contributed by atoms with Crippen LogP contribution in [0.25, 0.3) is 11.1 Å². The fourth-order valence-electron chi connectivity index (χ4n) is 3.86. The van der Waals surface area contributed by atoms with Crippen LogP contribution in [0.15, 0.2) is 43.0 Å². The summed E-state index contributed by atoms with van der Waals surface area (Å²) in [5.41, 5.74) is 9.31. The second-order valence-electron chi connectivity index (χ2n) is 8.01.